The molecule has 1 aliphatic heterocycles. The maximum absolute atomic E-state index is 11.9. The van der Waals surface area contributed by atoms with Crippen molar-refractivity contribution >= 4 is 23.4 Å². The summed E-state index contributed by atoms with van der Waals surface area (Å²) in [7, 11) is 0. The first kappa shape index (κ1) is 20.5. The predicted octanol–water partition coefficient (Wildman–Crippen LogP) is 4.32. The molecular formula is C19H29ClN2O2. The van der Waals surface area contributed by atoms with Gasteiger partial charge in [0.15, 0.2) is 0 Å². The van der Waals surface area contributed by atoms with Crippen molar-refractivity contribution in [3.8, 4) is 0 Å². The lowest BCUT2D eigenvalue weighted by Crippen LogP contribution is -2.50. The Labute approximate surface area is 150 Å². The summed E-state index contributed by atoms with van der Waals surface area (Å²) >= 11 is 6.37. The summed E-state index contributed by atoms with van der Waals surface area (Å²) in [6, 6.07) is -0.428. The molecule has 1 fully saturated rings. The molecule has 24 heavy (non-hydrogen) atoms. The third-order valence-corrected chi connectivity index (χ3v) is 4.37. The molecule has 1 rings (SSSR count). The zero-order chi connectivity index (χ0) is 18.1. The number of unbranched alkanes of at least 4 members (excludes halogenated alkanes) is 1. The third-order valence-electron chi connectivity index (χ3n) is 4.07. The lowest BCUT2D eigenvalue weighted by atomic mass is 9.99. The molecule has 0 saturated carbocycles. The Balaban J connectivity index is 2.90. The zero-order valence-corrected chi connectivity index (χ0v) is 15.8. The molecule has 1 unspecified atom stereocenters. The fraction of sp³-hybridized carbons (Fsp3) is 0.579. The van der Waals surface area contributed by atoms with E-state index in [0.717, 1.165) is 42.7 Å². The minimum Gasteiger partial charge on any atom is -0.374 e. The number of hydrogen-bond acceptors (Lipinski definition) is 3. The van der Waals surface area contributed by atoms with Crippen LogP contribution in [0, 0.1) is 0 Å². The summed E-state index contributed by atoms with van der Waals surface area (Å²) in [5, 5.41) is 6.33. The monoisotopic (exact) mass is 352 g/mol. The maximum Gasteiger partial charge on any atom is 0.249 e. The molecule has 2 N–H and O–H groups in total. The number of allylic oxidation sites excluding steroid dienone is 3. The molecule has 0 spiro atoms. The minimum absolute atomic E-state index is 0.218. The van der Waals surface area contributed by atoms with Gasteiger partial charge in [-0.1, -0.05) is 50.4 Å². The second-order valence-electron chi connectivity index (χ2n) is 6.27. The van der Waals surface area contributed by atoms with Gasteiger partial charge < -0.3 is 5.32 Å². The molecule has 2 amide bonds. The van der Waals surface area contributed by atoms with Gasteiger partial charge in [-0.3, -0.25) is 14.9 Å². The second-order valence-corrected chi connectivity index (χ2v) is 6.75. The molecular weight excluding hydrogens is 324 g/mol. The molecule has 1 atom stereocenters. The second kappa shape index (κ2) is 10.3. The highest BCUT2D eigenvalue weighted by Crippen LogP contribution is 2.23. The summed E-state index contributed by atoms with van der Waals surface area (Å²) in [6.07, 6.45) is 7.74. The predicted molar refractivity (Wildman–Crippen MR) is 99.5 cm³/mol. The van der Waals surface area contributed by atoms with Gasteiger partial charge in [0, 0.05) is 17.2 Å². The first-order valence-corrected chi connectivity index (χ1v) is 9.12. The van der Waals surface area contributed by atoms with Crippen LogP contribution in [0.4, 0.5) is 0 Å². The number of halogens is 1. The summed E-state index contributed by atoms with van der Waals surface area (Å²) in [5.41, 5.74) is 2.84. The van der Waals surface area contributed by atoms with Crippen LogP contribution in [0.1, 0.15) is 65.7 Å². The molecule has 0 aromatic rings. The molecule has 5 heteroatoms. The fourth-order valence-corrected chi connectivity index (χ4v) is 2.91. The van der Waals surface area contributed by atoms with Crippen molar-refractivity contribution in [2.75, 3.05) is 0 Å². The maximum atomic E-state index is 11.9. The smallest absolute Gasteiger partial charge is 0.249 e. The molecule has 1 aliphatic rings. The van der Waals surface area contributed by atoms with E-state index in [-0.39, 0.29) is 11.8 Å². The van der Waals surface area contributed by atoms with Crippen LogP contribution < -0.4 is 10.6 Å². The Bertz CT molecular complexity index is 550. The van der Waals surface area contributed by atoms with Gasteiger partial charge in [-0.15, -0.1) is 0 Å². The lowest BCUT2D eigenvalue weighted by Gasteiger charge is -2.25. The third kappa shape index (κ3) is 6.52. The van der Waals surface area contributed by atoms with Crippen LogP contribution in [0.2, 0.25) is 0 Å². The number of hydrogen-bond donors (Lipinski definition) is 2. The Kier molecular flexibility index (Phi) is 8.83. The number of imide groups is 1. The summed E-state index contributed by atoms with van der Waals surface area (Å²) in [4.78, 5) is 23.2. The zero-order valence-electron chi connectivity index (χ0n) is 15.0. The van der Waals surface area contributed by atoms with Crippen molar-refractivity contribution in [1.29, 1.82) is 0 Å². The normalized spacial score (nSPS) is 19.7. The van der Waals surface area contributed by atoms with Gasteiger partial charge in [0.2, 0.25) is 11.8 Å². The first-order chi connectivity index (χ1) is 11.4. The molecule has 4 nitrogen and oxygen atoms in total. The van der Waals surface area contributed by atoms with Crippen molar-refractivity contribution in [2.45, 2.75) is 71.8 Å². The topological polar surface area (TPSA) is 58.2 Å². The van der Waals surface area contributed by atoms with E-state index < -0.39 is 6.04 Å². The van der Waals surface area contributed by atoms with Crippen molar-refractivity contribution in [3.63, 3.8) is 0 Å². The number of piperidine rings is 1. The number of amides is 2. The van der Waals surface area contributed by atoms with Crippen LogP contribution >= 0.6 is 11.6 Å². The van der Waals surface area contributed by atoms with E-state index in [1.807, 2.05) is 6.08 Å². The molecule has 0 bridgehead atoms. The van der Waals surface area contributed by atoms with Crippen molar-refractivity contribution in [1.82, 2.24) is 10.6 Å². The molecule has 1 heterocycles. The van der Waals surface area contributed by atoms with E-state index in [9.17, 15) is 9.59 Å². The van der Waals surface area contributed by atoms with E-state index >= 15 is 0 Å². The van der Waals surface area contributed by atoms with E-state index in [1.54, 1.807) is 0 Å². The van der Waals surface area contributed by atoms with Gasteiger partial charge in [0.25, 0.3) is 0 Å². The fourth-order valence-electron chi connectivity index (χ4n) is 2.67. The molecule has 0 aromatic heterocycles. The Morgan fingerprint density at radius 2 is 2.04 bits per heavy atom. The highest BCUT2D eigenvalue weighted by atomic mass is 35.5. The van der Waals surface area contributed by atoms with Crippen LogP contribution in [-0.4, -0.2) is 17.9 Å². The molecule has 0 radical (unpaired) electrons. The average molecular weight is 353 g/mol. The number of carbonyl (C=O) groups is 2. The van der Waals surface area contributed by atoms with Crippen molar-refractivity contribution < 1.29 is 9.59 Å². The van der Waals surface area contributed by atoms with Crippen LogP contribution in [0.15, 0.2) is 34.5 Å². The lowest BCUT2D eigenvalue weighted by molar-refractivity contribution is -0.134. The Morgan fingerprint density at radius 3 is 2.62 bits per heavy atom. The summed E-state index contributed by atoms with van der Waals surface area (Å²) < 4.78 is 0. The van der Waals surface area contributed by atoms with Crippen LogP contribution in [0.5, 0.6) is 0 Å². The molecule has 134 valence electrons. The largest absolute Gasteiger partial charge is 0.374 e. The van der Waals surface area contributed by atoms with Crippen LogP contribution in [0.25, 0.3) is 0 Å². The van der Waals surface area contributed by atoms with Crippen molar-refractivity contribution in [2.24, 2.45) is 0 Å². The highest BCUT2D eigenvalue weighted by Gasteiger charge is 2.27. The van der Waals surface area contributed by atoms with E-state index in [1.165, 1.54) is 5.57 Å². The SMILES string of the molecule is C=C(NC1CCC(=O)NC1=O)C(/C=C(/Cl)CCCC)=C(/C)CCC. The minimum atomic E-state index is -0.428. The standard InChI is InChI=1S/C19H29ClN2O2/c1-5-7-9-15(20)12-16(13(3)8-6-2)14(4)21-17-10-11-18(23)22-19(17)24/h12,17,21H,4-11H2,1-3H3,(H,22,23,24)/b15-12+,16-13-. The van der Waals surface area contributed by atoms with Gasteiger partial charge in [-0.05, 0) is 44.3 Å². The van der Waals surface area contributed by atoms with Gasteiger partial charge in [-0.25, -0.2) is 0 Å². The number of carbonyl (C=O) groups excluding carboxylic acids is 2. The average Bonchev–Trinajstić information content (AvgIpc) is 2.53. The van der Waals surface area contributed by atoms with E-state index in [2.05, 4.69) is 38.0 Å². The van der Waals surface area contributed by atoms with Gasteiger partial charge in [-0.2, -0.15) is 0 Å². The van der Waals surface area contributed by atoms with E-state index in [4.69, 9.17) is 11.6 Å². The van der Waals surface area contributed by atoms with Crippen LogP contribution in [-0.2, 0) is 9.59 Å². The Morgan fingerprint density at radius 1 is 1.33 bits per heavy atom. The Hall–Kier alpha value is -1.55. The highest BCUT2D eigenvalue weighted by molar-refractivity contribution is 6.29. The van der Waals surface area contributed by atoms with Crippen molar-refractivity contribution in [3.05, 3.63) is 34.5 Å². The van der Waals surface area contributed by atoms with Gasteiger partial charge in [0.05, 0.1) is 0 Å². The summed E-state index contributed by atoms with van der Waals surface area (Å²) in [6.45, 7) is 10.4. The quantitative estimate of drug-likeness (QED) is 0.479. The van der Waals surface area contributed by atoms with Crippen LogP contribution in [0.3, 0.4) is 0 Å². The number of rotatable bonds is 9. The molecule has 0 aromatic carbocycles. The summed E-state index contributed by atoms with van der Waals surface area (Å²) in [5.74, 6) is -0.509. The first-order valence-electron chi connectivity index (χ1n) is 8.74. The molecule has 1 saturated heterocycles. The molecule has 0 aliphatic carbocycles. The van der Waals surface area contributed by atoms with Gasteiger partial charge >= 0.3 is 0 Å². The van der Waals surface area contributed by atoms with E-state index in [0.29, 0.717) is 18.5 Å². The van der Waals surface area contributed by atoms with Gasteiger partial charge in [0.1, 0.15) is 6.04 Å². The number of nitrogens with one attached hydrogen (secondary N) is 2.